The molecule has 0 aliphatic rings. The van der Waals surface area contributed by atoms with E-state index in [1.54, 1.807) is 17.8 Å². The van der Waals surface area contributed by atoms with E-state index in [0.29, 0.717) is 22.4 Å². The molecule has 0 aliphatic heterocycles. The minimum Gasteiger partial charge on any atom is -0.486 e. The van der Waals surface area contributed by atoms with Crippen LogP contribution in [0.3, 0.4) is 0 Å². The Morgan fingerprint density at radius 2 is 1.96 bits per heavy atom. The number of rotatable bonds is 7. The molecular formula is C19H19Cl2N3OS. The molecule has 0 unspecified atom stereocenters. The van der Waals surface area contributed by atoms with Crippen LogP contribution >= 0.6 is 35.0 Å². The normalized spacial score (nSPS) is 10.9. The van der Waals surface area contributed by atoms with Gasteiger partial charge in [-0.2, -0.15) is 0 Å². The number of nitrogens with zero attached hydrogens (tertiary/aromatic N) is 3. The summed E-state index contributed by atoms with van der Waals surface area (Å²) < 4.78 is 7.92. The number of hydrogen-bond donors (Lipinski definition) is 0. The molecule has 3 rings (SSSR count). The van der Waals surface area contributed by atoms with Gasteiger partial charge in [0.15, 0.2) is 11.0 Å². The predicted molar refractivity (Wildman–Crippen MR) is 107 cm³/mol. The molecule has 7 heteroatoms. The summed E-state index contributed by atoms with van der Waals surface area (Å²) in [5.74, 6) is 2.34. The fourth-order valence-electron chi connectivity index (χ4n) is 2.48. The van der Waals surface area contributed by atoms with Gasteiger partial charge in [0.05, 0.1) is 0 Å². The van der Waals surface area contributed by atoms with Crippen LogP contribution in [0.25, 0.3) is 0 Å². The second-order valence-corrected chi connectivity index (χ2v) is 7.56. The van der Waals surface area contributed by atoms with Crippen molar-refractivity contribution in [3.63, 3.8) is 0 Å². The van der Waals surface area contributed by atoms with Crippen LogP contribution in [0.5, 0.6) is 5.75 Å². The molecule has 3 aromatic rings. The Kier molecular flexibility index (Phi) is 6.46. The van der Waals surface area contributed by atoms with E-state index in [4.69, 9.17) is 27.9 Å². The van der Waals surface area contributed by atoms with Gasteiger partial charge in [0, 0.05) is 22.3 Å². The number of ether oxygens (including phenoxy) is 1. The van der Waals surface area contributed by atoms with Crippen molar-refractivity contribution in [2.45, 2.75) is 37.9 Å². The van der Waals surface area contributed by atoms with Gasteiger partial charge in [-0.3, -0.25) is 0 Å². The summed E-state index contributed by atoms with van der Waals surface area (Å²) in [4.78, 5) is 0. The topological polar surface area (TPSA) is 39.9 Å². The summed E-state index contributed by atoms with van der Waals surface area (Å²) >= 11 is 13.8. The van der Waals surface area contributed by atoms with Crippen LogP contribution in [0, 0.1) is 6.92 Å². The summed E-state index contributed by atoms with van der Waals surface area (Å²) in [5.41, 5.74) is 2.18. The molecule has 0 spiro atoms. The van der Waals surface area contributed by atoms with Crippen molar-refractivity contribution >= 4 is 35.0 Å². The highest BCUT2D eigenvalue weighted by Gasteiger charge is 2.13. The van der Waals surface area contributed by atoms with Crippen LogP contribution in [0.2, 0.25) is 10.0 Å². The summed E-state index contributed by atoms with van der Waals surface area (Å²) in [6.07, 6.45) is 0. The molecule has 0 fully saturated rings. The van der Waals surface area contributed by atoms with Gasteiger partial charge in [-0.25, -0.2) is 0 Å². The molecule has 0 atom stereocenters. The fourth-order valence-corrected chi connectivity index (χ4v) is 4.06. The van der Waals surface area contributed by atoms with Crippen molar-refractivity contribution in [2.24, 2.45) is 0 Å². The average Bonchev–Trinajstić information content (AvgIpc) is 3.01. The van der Waals surface area contributed by atoms with Gasteiger partial charge in [-0.1, -0.05) is 53.2 Å². The van der Waals surface area contributed by atoms with Crippen LogP contribution in [-0.2, 0) is 18.9 Å². The fraction of sp³-hybridized carbons (Fsp3) is 0.263. The Labute approximate surface area is 167 Å². The van der Waals surface area contributed by atoms with Crippen LogP contribution < -0.4 is 4.74 Å². The lowest BCUT2D eigenvalue weighted by atomic mass is 10.2. The van der Waals surface area contributed by atoms with Crippen molar-refractivity contribution in [2.75, 3.05) is 0 Å². The molecule has 2 aromatic carbocycles. The monoisotopic (exact) mass is 407 g/mol. The van der Waals surface area contributed by atoms with Crippen molar-refractivity contribution in [3.05, 3.63) is 69.5 Å². The first-order valence-corrected chi connectivity index (χ1v) is 9.99. The number of aryl methyl sites for hydroxylation is 1. The lowest BCUT2D eigenvalue weighted by Crippen LogP contribution is -2.07. The zero-order valence-corrected chi connectivity index (χ0v) is 16.9. The third-order valence-corrected chi connectivity index (χ3v) is 5.44. The van der Waals surface area contributed by atoms with Crippen LogP contribution in [0.15, 0.2) is 47.6 Å². The predicted octanol–water partition coefficient (Wildman–Crippen LogP) is 5.78. The molecule has 0 aliphatic carbocycles. The number of benzene rings is 2. The third-order valence-electron chi connectivity index (χ3n) is 3.84. The summed E-state index contributed by atoms with van der Waals surface area (Å²) in [7, 11) is 0. The molecule has 0 saturated heterocycles. The van der Waals surface area contributed by atoms with Crippen LogP contribution in [0.4, 0.5) is 0 Å². The maximum Gasteiger partial charge on any atom is 0.191 e. The number of aromatic nitrogens is 3. The molecule has 0 amide bonds. The summed E-state index contributed by atoms with van der Waals surface area (Å²) in [5, 5.41) is 10.7. The van der Waals surface area contributed by atoms with Gasteiger partial charge < -0.3 is 9.30 Å². The zero-order valence-electron chi connectivity index (χ0n) is 14.6. The maximum absolute atomic E-state index is 6.24. The smallest absolute Gasteiger partial charge is 0.191 e. The van der Waals surface area contributed by atoms with Gasteiger partial charge in [-0.15, -0.1) is 10.2 Å². The first-order chi connectivity index (χ1) is 12.6. The molecule has 0 saturated carbocycles. The van der Waals surface area contributed by atoms with Crippen molar-refractivity contribution in [1.29, 1.82) is 0 Å². The Morgan fingerprint density at radius 3 is 2.69 bits per heavy atom. The highest BCUT2D eigenvalue weighted by Crippen LogP contribution is 2.28. The lowest BCUT2D eigenvalue weighted by molar-refractivity contribution is 0.288. The van der Waals surface area contributed by atoms with Gasteiger partial charge in [-0.05, 0) is 49.2 Å². The Balaban J connectivity index is 1.67. The molecule has 0 radical (unpaired) electrons. The van der Waals surface area contributed by atoms with E-state index in [2.05, 4.69) is 21.7 Å². The van der Waals surface area contributed by atoms with E-state index >= 15 is 0 Å². The standard InChI is InChI=1S/C19H19Cl2N3OS/c1-3-24-18(11-25-16-6-4-5-13(2)9-16)22-23-19(24)26-12-14-7-8-15(20)10-17(14)21/h4-10H,3,11-12H2,1-2H3. The number of thioether (sulfide) groups is 1. The molecular weight excluding hydrogens is 389 g/mol. The molecule has 0 bridgehead atoms. The second kappa shape index (κ2) is 8.80. The third kappa shape index (κ3) is 4.72. The average molecular weight is 408 g/mol. The van der Waals surface area contributed by atoms with E-state index in [-0.39, 0.29) is 0 Å². The minimum atomic E-state index is 0.382. The van der Waals surface area contributed by atoms with Crippen molar-refractivity contribution < 1.29 is 4.74 Å². The van der Waals surface area contributed by atoms with Gasteiger partial charge >= 0.3 is 0 Å². The number of hydrogen-bond acceptors (Lipinski definition) is 4. The zero-order chi connectivity index (χ0) is 18.5. The minimum absolute atomic E-state index is 0.382. The molecule has 4 nitrogen and oxygen atoms in total. The van der Waals surface area contributed by atoms with Gasteiger partial charge in [0.2, 0.25) is 0 Å². The SMILES string of the molecule is CCn1c(COc2cccc(C)c2)nnc1SCc1ccc(Cl)cc1Cl. The van der Waals surface area contributed by atoms with Gasteiger partial charge in [0.1, 0.15) is 12.4 Å². The quantitative estimate of drug-likeness (QED) is 0.465. The first-order valence-electron chi connectivity index (χ1n) is 8.25. The van der Waals surface area contributed by atoms with Crippen LogP contribution in [0.1, 0.15) is 23.9 Å². The summed E-state index contributed by atoms with van der Waals surface area (Å²) in [6.45, 7) is 5.26. The molecule has 1 heterocycles. The van der Waals surface area contributed by atoms with E-state index in [1.165, 1.54) is 0 Å². The van der Waals surface area contributed by atoms with Crippen molar-refractivity contribution in [3.8, 4) is 5.75 Å². The summed E-state index contributed by atoms with van der Waals surface area (Å²) in [6, 6.07) is 13.5. The van der Waals surface area contributed by atoms with E-state index in [0.717, 1.165) is 34.4 Å². The highest BCUT2D eigenvalue weighted by atomic mass is 35.5. The van der Waals surface area contributed by atoms with E-state index in [1.807, 2.05) is 43.3 Å². The largest absolute Gasteiger partial charge is 0.486 e. The second-order valence-electron chi connectivity index (χ2n) is 5.77. The molecule has 136 valence electrons. The highest BCUT2D eigenvalue weighted by molar-refractivity contribution is 7.98. The first kappa shape index (κ1) is 19.1. The van der Waals surface area contributed by atoms with Crippen LogP contribution in [-0.4, -0.2) is 14.8 Å². The van der Waals surface area contributed by atoms with Gasteiger partial charge in [0.25, 0.3) is 0 Å². The number of halogens is 2. The lowest BCUT2D eigenvalue weighted by Gasteiger charge is -2.09. The molecule has 26 heavy (non-hydrogen) atoms. The van der Waals surface area contributed by atoms with E-state index in [9.17, 15) is 0 Å². The van der Waals surface area contributed by atoms with Crippen molar-refractivity contribution in [1.82, 2.24) is 14.8 Å². The maximum atomic E-state index is 6.24. The Morgan fingerprint density at radius 1 is 1.12 bits per heavy atom. The molecule has 0 N–H and O–H groups in total. The Bertz CT molecular complexity index is 898. The molecule has 1 aromatic heterocycles. The van der Waals surface area contributed by atoms with E-state index < -0.39 is 0 Å². The Hall–Kier alpha value is -1.69.